The summed E-state index contributed by atoms with van der Waals surface area (Å²) in [6.07, 6.45) is -0.777. The van der Waals surface area contributed by atoms with Crippen LogP contribution in [0.15, 0.2) is 29.4 Å². The van der Waals surface area contributed by atoms with Crippen LogP contribution in [0, 0.1) is 0 Å². The van der Waals surface area contributed by atoms with E-state index >= 15 is 0 Å². The molecule has 1 unspecified atom stereocenters. The molecule has 0 saturated carbocycles. The molecule has 0 aliphatic carbocycles. The van der Waals surface area contributed by atoms with Gasteiger partial charge in [0.15, 0.2) is 0 Å². The van der Waals surface area contributed by atoms with Crippen LogP contribution in [0.2, 0.25) is 0 Å². The highest BCUT2D eigenvalue weighted by molar-refractivity contribution is 7.13. The van der Waals surface area contributed by atoms with Crippen molar-refractivity contribution in [2.45, 2.75) is 6.10 Å². The lowest BCUT2D eigenvalue weighted by atomic mass is 10.2. The van der Waals surface area contributed by atoms with Crippen molar-refractivity contribution >= 4 is 26.9 Å². The molecule has 2 aliphatic heterocycles. The summed E-state index contributed by atoms with van der Waals surface area (Å²) < 4.78 is 7.42. The molecule has 122 valence electrons. The first-order valence-corrected chi connectivity index (χ1v) is 8.02. The first-order valence-electron chi connectivity index (χ1n) is 7.51. The highest BCUT2D eigenvalue weighted by Gasteiger charge is 2.31. The zero-order valence-electron chi connectivity index (χ0n) is 12.7. The van der Waals surface area contributed by atoms with Gasteiger partial charge in [-0.15, -0.1) is 0 Å². The van der Waals surface area contributed by atoms with Gasteiger partial charge in [0.1, 0.15) is 6.10 Å². The molecule has 2 heterocycles. The van der Waals surface area contributed by atoms with Crippen LogP contribution in [0.4, 0.5) is 16.2 Å². The van der Waals surface area contributed by atoms with Gasteiger partial charge >= 0.3 is 6.09 Å². The molecule has 23 heavy (non-hydrogen) atoms. The third kappa shape index (κ3) is 3.67. The standard InChI is InChI=1S/C14H19N6O2P/c15-17-16-9-13-10-20(14(21)22-13)12-3-1-11(2-4-12)18-5-7-19(23)8-6-18/h1-4,13H,5-10,23H2/t13-/m0/s1. The Morgan fingerprint density at radius 3 is 2.52 bits per heavy atom. The number of nitrogens with zero attached hydrogens (tertiary/aromatic N) is 6. The first-order chi connectivity index (χ1) is 11.2. The van der Waals surface area contributed by atoms with Crippen molar-refractivity contribution in [2.24, 2.45) is 5.11 Å². The predicted octanol–water partition coefficient (Wildman–Crippen LogP) is 2.23. The van der Waals surface area contributed by atoms with E-state index in [1.165, 1.54) is 0 Å². The van der Waals surface area contributed by atoms with Crippen LogP contribution in [0.5, 0.6) is 0 Å². The van der Waals surface area contributed by atoms with Gasteiger partial charge in [-0.2, -0.15) is 0 Å². The topological polar surface area (TPSA) is 84.8 Å². The van der Waals surface area contributed by atoms with Gasteiger partial charge in [0.05, 0.1) is 13.1 Å². The Hall–Kier alpha value is -2.01. The molecule has 1 aromatic rings. The predicted molar refractivity (Wildman–Crippen MR) is 91.6 cm³/mol. The van der Waals surface area contributed by atoms with Gasteiger partial charge in [0, 0.05) is 42.5 Å². The molecule has 0 bridgehead atoms. The molecule has 0 radical (unpaired) electrons. The average Bonchev–Trinajstić information content (AvgIpc) is 2.95. The highest BCUT2D eigenvalue weighted by atomic mass is 31.0. The number of azide groups is 1. The largest absolute Gasteiger partial charge is 0.444 e. The minimum atomic E-state index is -0.396. The summed E-state index contributed by atoms with van der Waals surface area (Å²) in [6.45, 7) is 4.59. The number of carbonyl (C=O) groups is 1. The maximum atomic E-state index is 11.9. The number of ether oxygens (including phenoxy) is 1. The minimum Gasteiger partial charge on any atom is -0.444 e. The van der Waals surface area contributed by atoms with Crippen LogP contribution >= 0.6 is 9.39 Å². The molecule has 0 aromatic heterocycles. The molecule has 0 N–H and O–H groups in total. The fraction of sp³-hybridized carbons (Fsp3) is 0.500. The number of hydrogen-bond donors (Lipinski definition) is 0. The maximum absolute atomic E-state index is 11.9. The Morgan fingerprint density at radius 2 is 1.87 bits per heavy atom. The average molecular weight is 334 g/mol. The molecule has 2 aliphatic rings. The monoisotopic (exact) mass is 334 g/mol. The third-order valence-electron chi connectivity index (χ3n) is 4.06. The van der Waals surface area contributed by atoms with Crippen molar-refractivity contribution in [1.82, 2.24) is 4.67 Å². The van der Waals surface area contributed by atoms with Crippen LogP contribution in [0.25, 0.3) is 10.4 Å². The number of carbonyl (C=O) groups excluding carboxylic acids is 1. The molecule has 1 amide bonds. The van der Waals surface area contributed by atoms with E-state index in [0.29, 0.717) is 6.54 Å². The molecule has 9 heteroatoms. The van der Waals surface area contributed by atoms with E-state index in [-0.39, 0.29) is 12.6 Å². The fourth-order valence-electron chi connectivity index (χ4n) is 2.78. The van der Waals surface area contributed by atoms with Crippen molar-refractivity contribution in [1.29, 1.82) is 0 Å². The van der Waals surface area contributed by atoms with Gasteiger partial charge in [-0.1, -0.05) is 14.5 Å². The van der Waals surface area contributed by atoms with Crippen LogP contribution in [0.1, 0.15) is 0 Å². The molecule has 2 atom stereocenters. The van der Waals surface area contributed by atoms with E-state index in [4.69, 9.17) is 10.3 Å². The van der Waals surface area contributed by atoms with Crippen LogP contribution in [0.3, 0.4) is 0 Å². The number of rotatable bonds is 4. The summed E-state index contributed by atoms with van der Waals surface area (Å²) in [7, 11) is 2.74. The first kappa shape index (κ1) is 15.9. The molecular weight excluding hydrogens is 315 g/mol. The van der Waals surface area contributed by atoms with Crippen LogP contribution < -0.4 is 9.80 Å². The summed E-state index contributed by atoms with van der Waals surface area (Å²) in [5.41, 5.74) is 10.3. The second-order valence-corrected chi connectivity index (χ2v) is 6.30. The second-order valence-electron chi connectivity index (χ2n) is 5.57. The zero-order chi connectivity index (χ0) is 16.2. The quantitative estimate of drug-likeness (QED) is 0.366. The Morgan fingerprint density at radius 1 is 1.22 bits per heavy atom. The van der Waals surface area contributed by atoms with E-state index in [2.05, 4.69) is 29.0 Å². The van der Waals surface area contributed by atoms with Crippen molar-refractivity contribution < 1.29 is 9.53 Å². The number of amides is 1. The molecule has 3 rings (SSSR count). The van der Waals surface area contributed by atoms with E-state index in [1.54, 1.807) is 4.90 Å². The summed E-state index contributed by atoms with van der Waals surface area (Å²) >= 11 is 0. The van der Waals surface area contributed by atoms with Crippen molar-refractivity contribution in [3.8, 4) is 0 Å². The molecule has 1 aromatic carbocycles. The molecular formula is C14H19N6O2P. The van der Waals surface area contributed by atoms with Gasteiger partial charge in [0.2, 0.25) is 0 Å². The number of piperazine rings is 1. The SMILES string of the molecule is [N-]=[N+]=NC[C@H]1CN(c2ccc(N3CCN(P)CC3)cc2)C(=O)O1. The van der Waals surface area contributed by atoms with E-state index < -0.39 is 6.09 Å². The Kier molecular flexibility index (Phi) is 4.86. The van der Waals surface area contributed by atoms with Gasteiger partial charge in [-0.25, -0.2) is 4.79 Å². The van der Waals surface area contributed by atoms with Gasteiger partial charge in [0.25, 0.3) is 0 Å². The lowest BCUT2D eigenvalue weighted by molar-refractivity contribution is 0.145. The Bertz CT molecular complexity index is 610. The molecule has 8 nitrogen and oxygen atoms in total. The summed E-state index contributed by atoms with van der Waals surface area (Å²) in [5, 5.41) is 3.46. The van der Waals surface area contributed by atoms with E-state index in [0.717, 1.165) is 37.6 Å². The van der Waals surface area contributed by atoms with Crippen LogP contribution in [-0.4, -0.2) is 56.1 Å². The molecule has 0 spiro atoms. The number of benzene rings is 1. The zero-order valence-corrected chi connectivity index (χ0v) is 13.9. The highest BCUT2D eigenvalue weighted by Crippen LogP contribution is 2.25. The second kappa shape index (κ2) is 7.04. The molecule has 2 fully saturated rings. The molecule has 2 saturated heterocycles. The Balaban J connectivity index is 1.65. The lowest BCUT2D eigenvalue weighted by Crippen LogP contribution is -2.42. The van der Waals surface area contributed by atoms with Crippen molar-refractivity contribution in [3.63, 3.8) is 0 Å². The maximum Gasteiger partial charge on any atom is 0.414 e. The summed E-state index contributed by atoms with van der Waals surface area (Å²) in [6, 6.07) is 7.92. The third-order valence-corrected chi connectivity index (χ3v) is 4.58. The van der Waals surface area contributed by atoms with Crippen molar-refractivity contribution in [3.05, 3.63) is 34.7 Å². The van der Waals surface area contributed by atoms with Crippen molar-refractivity contribution in [2.75, 3.05) is 49.1 Å². The van der Waals surface area contributed by atoms with Gasteiger partial charge in [-0.05, 0) is 29.8 Å². The van der Waals surface area contributed by atoms with E-state index in [1.807, 2.05) is 24.3 Å². The normalized spacial score (nSPS) is 22.0. The summed E-state index contributed by atoms with van der Waals surface area (Å²) in [5.74, 6) is 0. The van der Waals surface area contributed by atoms with Gasteiger partial charge < -0.3 is 9.64 Å². The summed E-state index contributed by atoms with van der Waals surface area (Å²) in [4.78, 5) is 18.5. The minimum absolute atomic E-state index is 0.163. The fourth-order valence-corrected chi connectivity index (χ4v) is 3.01. The number of cyclic esters (lactones) is 1. The van der Waals surface area contributed by atoms with Crippen LogP contribution in [-0.2, 0) is 4.74 Å². The lowest BCUT2D eigenvalue weighted by Gasteiger charge is -2.34. The number of hydrogen-bond acceptors (Lipinski definition) is 5. The van der Waals surface area contributed by atoms with Gasteiger partial charge in [-0.3, -0.25) is 9.57 Å². The van der Waals surface area contributed by atoms with E-state index in [9.17, 15) is 4.79 Å². The smallest absolute Gasteiger partial charge is 0.414 e. The number of anilines is 2. The Labute approximate surface area is 136 Å².